The molecule has 3 rings (SSSR count). The average molecular weight is 591 g/mol. The molecular formula is C34H52N7O2+. The van der Waals surface area contributed by atoms with Gasteiger partial charge in [-0.2, -0.15) is 0 Å². The van der Waals surface area contributed by atoms with Gasteiger partial charge in [0.15, 0.2) is 0 Å². The lowest BCUT2D eigenvalue weighted by Crippen LogP contribution is -2.55. The maximum atomic E-state index is 13.8. The van der Waals surface area contributed by atoms with Crippen LogP contribution < -0.4 is 16.4 Å². The minimum Gasteiger partial charge on any atom is -0.404 e. The zero-order chi connectivity index (χ0) is 31.9. The number of carbonyl (C=O) groups excluding carboxylic acids is 2. The van der Waals surface area contributed by atoms with Crippen LogP contribution in [0.25, 0.3) is 0 Å². The summed E-state index contributed by atoms with van der Waals surface area (Å²) in [5, 5.41) is 6.06. The predicted molar refractivity (Wildman–Crippen MR) is 178 cm³/mol. The third kappa shape index (κ3) is 7.51. The summed E-state index contributed by atoms with van der Waals surface area (Å²) in [6, 6.07) is 2.01. The molecule has 0 spiro atoms. The van der Waals surface area contributed by atoms with Gasteiger partial charge in [-0.3, -0.25) is 28.9 Å². The molecule has 9 heteroatoms. The number of aliphatic imine (C=N–C) groups is 1. The second kappa shape index (κ2) is 14.3. The number of amides is 2. The highest BCUT2D eigenvalue weighted by Gasteiger charge is 2.41. The number of rotatable bonds is 10. The third-order valence-electron chi connectivity index (χ3n) is 9.37. The molecule has 3 atom stereocenters. The van der Waals surface area contributed by atoms with Crippen molar-refractivity contribution in [3.8, 4) is 0 Å². The lowest BCUT2D eigenvalue weighted by molar-refractivity contribution is -0.908. The standard InChI is InChI=1S/C34H51N7O2/c1-10-29-14-13-26(27(19-35)20-36-8)17-23(3)41(29,9)31(11-2)24(4)33(43)39-30-18-28(21-37-25(30)5)38-32(42)22-40-16-12-15-34(40,6)7/h13-14,17-21,23,29H,10-12,15-16,22H2,1-9H3,(H3-,35,36,38,39,42,43)/p+1/b31-24+. The fourth-order valence-electron chi connectivity index (χ4n) is 6.55. The molecular weight excluding hydrogens is 538 g/mol. The predicted octanol–water partition coefficient (Wildman–Crippen LogP) is 5.48. The maximum Gasteiger partial charge on any atom is 0.256 e. The molecule has 1 fully saturated rings. The number of allylic oxidation sites excluding steroid dienone is 4. The Balaban J connectivity index is 1.88. The van der Waals surface area contributed by atoms with Crippen LogP contribution in [-0.4, -0.2) is 77.2 Å². The van der Waals surface area contributed by atoms with Crippen molar-refractivity contribution in [2.45, 2.75) is 91.8 Å². The average Bonchev–Trinajstić information content (AvgIpc) is 3.23. The minimum absolute atomic E-state index is 0.0178. The largest absolute Gasteiger partial charge is 0.404 e. The Morgan fingerprint density at radius 1 is 1.28 bits per heavy atom. The van der Waals surface area contributed by atoms with Crippen molar-refractivity contribution in [2.24, 2.45) is 10.7 Å². The quantitative estimate of drug-likeness (QED) is 0.190. The molecule has 4 N–H and O–H groups in total. The van der Waals surface area contributed by atoms with Gasteiger partial charge < -0.3 is 16.4 Å². The lowest BCUT2D eigenvalue weighted by Gasteiger charge is -2.45. The summed E-state index contributed by atoms with van der Waals surface area (Å²) in [6.45, 7) is 15.8. The highest BCUT2D eigenvalue weighted by molar-refractivity contribution is 6.04. The number of nitrogens with zero attached hydrogens (tertiary/aromatic N) is 4. The first-order valence-corrected chi connectivity index (χ1v) is 15.5. The monoisotopic (exact) mass is 590 g/mol. The van der Waals surface area contributed by atoms with Crippen molar-refractivity contribution in [3.63, 3.8) is 0 Å². The molecule has 1 saturated heterocycles. The van der Waals surface area contributed by atoms with Crippen molar-refractivity contribution in [1.29, 1.82) is 0 Å². The normalized spacial score (nSPS) is 24.9. The third-order valence-corrected chi connectivity index (χ3v) is 9.37. The van der Waals surface area contributed by atoms with Crippen molar-refractivity contribution >= 4 is 29.4 Å². The second-order valence-electron chi connectivity index (χ2n) is 12.5. The zero-order valence-electron chi connectivity index (χ0n) is 27.6. The van der Waals surface area contributed by atoms with Crippen molar-refractivity contribution in [2.75, 3.05) is 37.8 Å². The highest BCUT2D eigenvalue weighted by atomic mass is 16.2. The molecule has 2 aliphatic rings. The molecule has 3 heterocycles. The summed E-state index contributed by atoms with van der Waals surface area (Å²) in [4.78, 5) is 37.5. The number of hydrogen-bond acceptors (Lipinski definition) is 6. The molecule has 0 aromatic carbocycles. The van der Waals surface area contributed by atoms with Gasteiger partial charge in [0, 0.05) is 43.4 Å². The molecule has 1 aromatic rings. The number of hydrogen-bond donors (Lipinski definition) is 3. The van der Waals surface area contributed by atoms with Gasteiger partial charge in [-0.15, -0.1) is 0 Å². The number of nitrogens with two attached hydrogens (primary N) is 1. The summed E-state index contributed by atoms with van der Waals surface area (Å²) in [7, 11) is 3.95. The van der Waals surface area contributed by atoms with Crippen LogP contribution in [0.15, 0.2) is 64.1 Å². The Labute approximate surface area is 258 Å². The van der Waals surface area contributed by atoms with Crippen LogP contribution in [0.2, 0.25) is 0 Å². The van der Waals surface area contributed by atoms with Gasteiger partial charge in [0.05, 0.1) is 42.4 Å². The van der Waals surface area contributed by atoms with Crippen molar-refractivity contribution < 1.29 is 14.1 Å². The van der Waals surface area contributed by atoms with Crippen LogP contribution in [0, 0.1) is 6.92 Å². The fourth-order valence-corrected chi connectivity index (χ4v) is 6.55. The molecule has 1 aromatic heterocycles. The number of aryl methyl sites for hydroxylation is 1. The van der Waals surface area contributed by atoms with Gasteiger partial charge in [-0.1, -0.05) is 19.9 Å². The van der Waals surface area contributed by atoms with Crippen molar-refractivity contribution in [1.82, 2.24) is 9.88 Å². The smallest absolute Gasteiger partial charge is 0.256 e. The minimum atomic E-state index is -0.177. The number of anilines is 2. The number of nitrogens with one attached hydrogen (secondary N) is 2. The van der Waals surface area contributed by atoms with Crippen LogP contribution in [0.4, 0.5) is 11.4 Å². The first-order valence-electron chi connectivity index (χ1n) is 15.5. The number of likely N-dealkylation sites (tertiary alicyclic amines) is 1. The summed E-state index contributed by atoms with van der Waals surface area (Å²) < 4.78 is 0.577. The van der Waals surface area contributed by atoms with Crippen LogP contribution in [0.1, 0.15) is 72.9 Å². The topological polar surface area (TPSA) is 113 Å². The molecule has 0 saturated carbocycles. The number of carbonyl (C=O) groups is 2. The summed E-state index contributed by atoms with van der Waals surface area (Å²) in [5.74, 6) is -0.262. The number of quaternary nitrogens is 1. The maximum absolute atomic E-state index is 13.8. The van der Waals surface area contributed by atoms with Crippen molar-refractivity contribution in [3.05, 3.63) is 64.8 Å². The molecule has 234 valence electrons. The summed E-state index contributed by atoms with van der Waals surface area (Å²) >= 11 is 0. The van der Waals surface area contributed by atoms with Crippen LogP contribution in [-0.2, 0) is 9.59 Å². The van der Waals surface area contributed by atoms with Crippen LogP contribution in [0.3, 0.4) is 0 Å². The Morgan fingerprint density at radius 2 is 2.00 bits per heavy atom. The van der Waals surface area contributed by atoms with E-state index in [0.29, 0.717) is 40.1 Å². The van der Waals surface area contributed by atoms with Gasteiger partial charge >= 0.3 is 0 Å². The first-order chi connectivity index (χ1) is 20.3. The Morgan fingerprint density at radius 3 is 2.58 bits per heavy atom. The Bertz CT molecular complexity index is 1350. The molecule has 2 amide bonds. The van der Waals surface area contributed by atoms with E-state index in [9.17, 15) is 9.59 Å². The van der Waals surface area contributed by atoms with E-state index in [-0.39, 0.29) is 29.4 Å². The van der Waals surface area contributed by atoms with Gasteiger partial charge in [0.1, 0.15) is 17.8 Å². The molecule has 0 aliphatic carbocycles. The fraction of sp³-hybridized carbons (Fsp3) is 0.529. The van der Waals surface area contributed by atoms with E-state index in [2.05, 4.69) is 85.4 Å². The van der Waals surface area contributed by atoms with Gasteiger partial charge in [-0.05, 0) is 77.8 Å². The molecule has 0 bridgehead atoms. The molecule has 3 unspecified atom stereocenters. The SMILES string of the molecule is CC/C(=C(/C)C(=O)Nc1cc(NC(=O)CN2CCCC2(C)C)cnc1C)[N+]1(C)C(C)C=C(/C(C=NC)=C/N)C=CC1CC. The summed E-state index contributed by atoms with van der Waals surface area (Å²) in [5.41, 5.74) is 11.4. The molecule has 9 nitrogen and oxygen atoms in total. The molecule has 2 aliphatic heterocycles. The van der Waals surface area contributed by atoms with E-state index in [1.54, 1.807) is 31.7 Å². The van der Waals surface area contributed by atoms with Crippen LogP contribution >= 0.6 is 0 Å². The lowest BCUT2D eigenvalue weighted by atomic mass is 9.99. The van der Waals surface area contributed by atoms with E-state index in [1.807, 2.05) is 13.8 Å². The molecule has 0 radical (unpaired) electrons. The van der Waals surface area contributed by atoms with E-state index in [0.717, 1.165) is 42.7 Å². The molecule has 43 heavy (non-hydrogen) atoms. The Hall–Kier alpha value is -3.56. The van der Waals surface area contributed by atoms with E-state index < -0.39 is 0 Å². The summed E-state index contributed by atoms with van der Waals surface area (Å²) in [6.07, 6.45) is 15.4. The van der Waals surface area contributed by atoms with Crippen LogP contribution in [0.5, 0.6) is 0 Å². The Kier molecular flexibility index (Phi) is 11.3. The van der Waals surface area contributed by atoms with Gasteiger partial charge in [0.25, 0.3) is 5.91 Å². The first kappa shape index (κ1) is 33.9. The van der Waals surface area contributed by atoms with Gasteiger partial charge in [-0.25, -0.2) is 0 Å². The van der Waals surface area contributed by atoms with E-state index >= 15 is 0 Å². The highest BCUT2D eigenvalue weighted by Crippen LogP contribution is 2.36. The zero-order valence-corrected chi connectivity index (χ0v) is 27.6. The van der Waals surface area contributed by atoms with Gasteiger partial charge in [0.2, 0.25) is 5.91 Å². The number of likely N-dealkylation sites (N-methyl/N-ethyl adjacent to an activating group) is 1. The second-order valence-corrected chi connectivity index (χ2v) is 12.5. The van der Waals surface area contributed by atoms with E-state index in [1.165, 1.54) is 0 Å². The number of aromatic nitrogens is 1. The van der Waals surface area contributed by atoms with E-state index in [4.69, 9.17) is 5.73 Å². The number of pyridine rings is 1.